The largest absolute Gasteiger partial charge is 0.419 e. The van der Waals surface area contributed by atoms with Crippen LogP contribution in [0.15, 0.2) is 54.6 Å². The summed E-state index contributed by atoms with van der Waals surface area (Å²) in [4.78, 5) is 37.4. The number of rotatable bonds is 8. The van der Waals surface area contributed by atoms with Gasteiger partial charge >= 0.3 is 12.4 Å². The van der Waals surface area contributed by atoms with Gasteiger partial charge in [0.1, 0.15) is 16.0 Å². The molecule has 1 aliphatic carbocycles. The van der Waals surface area contributed by atoms with Crippen molar-refractivity contribution in [2.75, 3.05) is 16.0 Å². The highest BCUT2D eigenvalue weighted by atomic mass is 35.5. The van der Waals surface area contributed by atoms with Crippen molar-refractivity contribution < 1.29 is 49.5 Å². The fraction of sp³-hybridized carbons (Fsp3) is 0.250. The first-order chi connectivity index (χ1) is 20.8. The fourth-order valence-electron chi connectivity index (χ4n) is 4.39. The lowest BCUT2D eigenvalue weighted by Gasteiger charge is -2.12. The Bertz CT molecular complexity index is 1660. The summed E-state index contributed by atoms with van der Waals surface area (Å²) >= 11 is 18.5. The molecule has 1 fully saturated rings. The summed E-state index contributed by atoms with van der Waals surface area (Å²) in [6.45, 7) is 0. The molecule has 0 aliphatic heterocycles. The molecular weight excluding hydrogens is 685 g/mol. The summed E-state index contributed by atoms with van der Waals surface area (Å²) in [7, 11) is 0. The van der Waals surface area contributed by atoms with E-state index < -0.39 is 81.8 Å². The smallest absolute Gasteiger partial charge is 0.326 e. The zero-order chi connectivity index (χ0) is 33.5. The maximum atomic E-state index is 14.6. The highest BCUT2D eigenvalue weighted by molar-refractivity contribution is 6.53. The maximum Gasteiger partial charge on any atom is 0.419 e. The normalized spacial score (nSPS) is 17.4. The third-order valence-electron chi connectivity index (χ3n) is 6.61. The molecule has 240 valence electrons. The van der Waals surface area contributed by atoms with E-state index in [1.165, 1.54) is 18.2 Å². The summed E-state index contributed by atoms with van der Waals surface area (Å²) in [5, 5.41) is 6.83. The van der Waals surface area contributed by atoms with Crippen molar-refractivity contribution >= 4 is 69.6 Å². The van der Waals surface area contributed by atoms with E-state index in [9.17, 15) is 49.5 Å². The second kappa shape index (κ2) is 12.6. The number of halogens is 11. The average Bonchev–Trinajstić information content (AvgIpc) is 3.50. The minimum Gasteiger partial charge on any atom is -0.326 e. The molecule has 2 unspecified atom stereocenters. The van der Waals surface area contributed by atoms with E-state index in [2.05, 4.69) is 16.0 Å². The number of nitrogens with one attached hydrogen (secondary N) is 3. The van der Waals surface area contributed by atoms with E-state index >= 15 is 0 Å². The van der Waals surface area contributed by atoms with E-state index in [1.807, 2.05) is 0 Å². The van der Waals surface area contributed by atoms with Gasteiger partial charge < -0.3 is 16.0 Å². The van der Waals surface area contributed by atoms with Gasteiger partial charge in [-0.05, 0) is 54.1 Å². The molecule has 1 aliphatic rings. The summed E-state index contributed by atoms with van der Waals surface area (Å²) < 4.78 is 103. The highest BCUT2D eigenvalue weighted by Crippen LogP contribution is 2.65. The minimum atomic E-state index is -5.00. The van der Waals surface area contributed by atoms with Crippen LogP contribution in [-0.2, 0) is 15.8 Å². The maximum absolute atomic E-state index is 14.6. The highest BCUT2D eigenvalue weighted by Gasteiger charge is 2.67. The molecule has 0 radical (unpaired) electrons. The van der Waals surface area contributed by atoms with E-state index in [1.54, 1.807) is 0 Å². The van der Waals surface area contributed by atoms with Gasteiger partial charge in [-0.3, -0.25) is 14.4 Å². The SMILES string of the molecule is O=C(CCC(F)(F)F)Nc1ccc(C(=O)Nc2cc(NC(=O)C3C(c4ccc(F)c(C(F)(F)F)c4)C3(Cl)Cl)ccc2Cl)c(F)c1. The van der Waals surface area contributed by atoms with Gasteiger partial charge in [0.2, 0.25) is 11.8 Å². The molecule has 3 N–H and O–H groups in total. The van der Waals surface area contributed by atoms with E-state index in [-0.39, 0.29) is 27.6 Å². The van der Waals surface area contributed by atoms with Crippen LogP contribution in [0.2, 0.25) is 5.02 Å². The lowest BCUT2D eigenvalue weighted by Crippen LogP contribution is -2.18. The van der Waals surface area contributed by atoms with Crippen LogP contribution in [0, 0.1) is 17.6 Å². The molecule has 0 aromatic heterocycles. The third kappa shape index (κ3) is 8.16. The third-order valence-corrected chi connectivity index (χ3v) is 7.88. The molecule has 45 heavy (non-hydrogen) atoms. The fourth-order valence-corrected chi connectivity index (χ4v) is 5.38. The average molecular weight is 703 g/mol. The first-order valence-corrected chi connectivity index (χ1v) is 13.7. The van der Waals surface area contributed by atoms with Gasteiger partial charge in [-0.2, -0.15) is 26.3 Å². The predicted molar refractivity (Wildman–Crippen MR) is 150 cm³/mol. The van der Waals surface area contributed by atoms with Gasteiger partial charge in [-0.15, -0.1) is 23.2 Å². The van der Waals surface area contributed by atoms with Gasteiger partial charge in [0.15, 0.2) is 0 Å². The number of amides is 3. The molecule has 4 rings (SSSR count). The Kier molecular flexibility index (Phi) is 9.62. The molecule has 3 aromatic carbocycles. The Morgan fingerprint density at radius 3 is 2.07 bits per heavy atom. The van der Waals surface area contributed by atoms with Crippen molar-refractivity contribution in [1.82, 2.24) is 0 Å². The summed E-state index contributed by atoms with van der Waals surface area (Å²) in [6, 6.07) is 8.70. The zero-order valence-electron chi connectivity index (χ0n) is 22.1. The number of anilines is 3. The topological polar surface area (TPSA) is 87.3 Å². The summed E-state index contributed by atoms with van der Waals surface area (Å²) in [6.07, 6.45) is -11.8. The molecule has 1 saturated carbocycles. The Balaban J connectivity index is 1.44. The summed E-state index contributed by atoms with van der Waals surface area (Å²) in [5.41, 5.74) is -2.46. The van der Waals surface area contributed by atoms with Crippen LogP contribution in [0.25, 0.3) is 0 Å². The lowest BCUT2D eigenvalue weighted by molar-refractivity contribution is -0.142. The van der Waals surface area contributed by atoms with Gasteiger partial charge in [-0.1, -0.05) is 17.7 Å². The molecule has 3 amide bonds. The molecule has 0 bridgehead atoms. The van der Waals surface area contributed by atoms with Gasteiger partial charge in [0.05, 0.1) is 34.2 Å². The second-order valence-corrected chi connectivity index (χ2v) is 11.7. The number of hydrogen-bond donors (Lipinski definition) is 3. The van der Waals surface area contributed by atoms with Crippen molar-refractivity contribution in [2.45, 2.75) is 35.4 Å². The van der Waals surface area contributed by atoms with Crippen LogP contribution in [0.3, 0.4) is 0 Å². The van der Waals surface area contributed by atoms with Crippen LogP contribution in [0.1, 0.15) is 40.2 Å². The molecule has 0 spiro atoms. The van der Waals surface area contributed by atoms with E-state index in [0.717, 1.165) is 24.3 Å². The van der Waals surface area contributed by atoms with Crippen LogP contribution >= 0.6 is 34.8 Å². The van der Waals surface area contributed by atoms with Gasteiger partial charge in [-0.25, -0.2) is 8.78 Å². The quantitative estimate of drug-likeness (QED) is 0.162. The van der Waals surface area contributed by atoms with Crippen molar-refractivity contribution in [3.63, 3.8) is 0 Å². The Morgan fingerprint density at radius 2 is 1.44 bits per heavy atom. The van der Waals surface area contributed by atoms with Gasteiger partial charge in [0.25, 0.3) is 5.91 Å². The number of hydrogen-bond acceptors (Lipinski definition) is 3. The summed E-state index contributed by atoms with van der Waals surface area (Å²) in [5.74, 6) is -7.86. The molecule has 3 aromatic rings. The molecule has 17 heteroatoms. The van der Waals surface area contributed by atoms with Crippen molar-refractivity contribution in [1.29, 1.82) is 0 Å². The number of carbonyl (C=O) groups excluding carboxylic acids is 3. The zero-order valence-corrected chi connectivity index (χ0v) is 24.4. The van der Waals surface area contributed by atoms with Gasteiger partial charge in [0, 0.05) is 23.7 Å². The number of benzene rings is 3. The standard InChI is InChI=1S/C28H18Cl3F8N3O3/c29-17-5-3-14(41-25(45)23-22(27(23,30)31)12-1-6-18(32)16(9-12)28(37,38)39)11-20(17)42-24(44)15-4-2-13(10-19(15)33)40-21(43)7-8-26(34,35)36/h1-6,9-11,22-23H,7-8H2,(H,40,43)(H,41,45)(H,42,44). The van der Waals surface area contributed by atoms with Crippen LogP contribution in [0.5, 0.6) is 0 Å². The van der Waals surface area contributed by atoms with Crippen molar-refractivity contribution in [3.05, 3.63) is 87.9 Å². The van der Waals surface area contributed by atoms with Crippen molar-refractivity contribution in [2.24, 2.45) is 5.92 Å². The van der Waals surface area contributed by atoms with Crippen LogP contribution < -0.4 is 16.0 Å². The second-order valence-electron chi connectivity index (χ2n) is 9.86. The Labute approximate surface area is 264 Å². The van der Waals surface area contributed by atoms with E-state index in [4.69, 9.17) is 34.8 Å². The van der Waals surface area contributed by atoms with E-state index in [0.29, 0.717) is 12.1 Å². The number of alkyl halides is 8. The predicted octanol–water partition coefficient (Wildman–Crippen LogP) is 8.70. The first-order valence-electron chi connectivity index (χ1n) is 12.6. The Morgan fingerprint density at radius 1 is 0.800 bits per heavy atom. The van der Waals surface area contributed by atoms with Crippen molar-refractivity contribution in [3.8, 4) is 0 Å². The molecule has 0 heterocycles. The monoisotopic (exact) mass is 701 g/mol. The molecule has 0 saturated heterocycles. The first kappa shape index (κ1) is 34.3. The van der Waals surface area contributed by atoms with Crippen LogP contribution in [-0.4, -0.2) is 28.2 Å². The lowest BCUT2D eigenvalue weighted by atomic mass is 10.0. The molecule has 2 atom stereocenters. The number of carbonyl (C=O) groups is 3. The van der Waals surface area contributed by atoms with Crippen LogP contribution in [0.4, 0.5) is 52.2 Å². The molecule has 6 nitrogen and oxygen atoms in total. The molecular formula is C28H18Cl3F8N3O3. The minimum absolute atomic E-state index is 0.0296. The Hall–Kier alpha value is -3.62.